The summed E-state index contributed by atoms with van der Waals surface area (Å²) in [5.74, 6) is 2.38. The number of hydrogen-bond donors (Lipinski definition) is 0. The first-order valence-electron chi connectivity index (χ1n) is 4.49. The van der Waals surface area contributed by atoms with E-state index >= 15 is 0 Å². The van der Waals surface area contributed by atoms with E-state index in [9.17, 15) is 4.79 Å². The minimum atomic E-state index is -0.111. The third-order valence-electron chi connectivity index (χ3n) is 1.91. The van der Waals surface area contributed by atoms with Gasteiger partial charge >= 0.3 is 0 Å². The summed E-state index contributed by atoms with van der Waals surface area (Å²) in [6, 6.07) is 0. The Morgan fingerprint density at radius 1 is 1.87 bits per heavy atom. The molecule has 0 saturated heterocycles. The van der Waals surface area contributed by atoms with Crippen LogP contribution in [0.15, 0.2) is 25.0 Å². The van der Waals surface area contributed by atoms with E-state index in [1.807, 2.05) is 6.20 Å². The standard InChI is InChI=1S/C11H13N3O/c1-4-6-14-9-10(7-12-14)8-13(3)11(15)5-2/h1,5,7,9H,2,6,8H2,3H3. The van der Waals surface area contributed by atoms with Gasteiger partial charge in [-0.15, -0.1) is 6.42 Å². The molecule has 0 aromatic carbocycles. The molecule has 0 atom stereocenters. The molecule has 0 spiro atoms. The van der Waals surface area contributed by atoms with Gasteiger partial charge in [-0.3, -0.25) is 9.48 Å². The highest BCUT2D eigenvalue weighted by atomic mass is 16.2. The van der Waals surface area contributed by atoms with Crippen LogP contribution < -0.4 is 0 Å². The van der Waals surface area contributed by atoms with E-state index in [1.165, 1.54) is 6.08 Å². The van der Waals surface area contributed by atoms with E-state index in [2.05, 4.69) is 17.6 Å². The fourth-order valence-corrected chi connectivity index (χ4v) is 1.18. The van der Waals surface area contributed by atoms with Crippen molar-refractivity contribution < 1.29 is 4.79 Å². The Morgan fingerprint density at radius 2 is 2.60 bits per heavy atom. The van der Waals surface area contributed by atoms with Crippen molar-refractivity contribution in [1.82, 2.24) is 14.7 Å². The molecule has 0 radical (unpaired) electrons. The zero-order chi connectivity index (χ0) is 11.3. The van der Waals surface area contributed by atoms with Crippen molar-refractivity contribution in [2.24, 2.45) is 0 Å². The lowest BCUT2D eigenvalue weighted by Crippen LogP contribution is -2.23. The number of terminal acetylenes is 1. The van der Waals surface area contributed by atoms with Crippen molar-refractivity contribution in [2.75, 3.05) is 7.05 Å². The number of likely N-dealkylation sites (N-methyl/N-ethyl adjacent to an activating group) is 1. The van der Waals surface area contributed by atoms with Gasteiger partial charge in [-0.05, 0) is 6.08 Å². The lowest BCUT2D eigenvalue weighted by Gasteiger charge is -2.12. The molecule has 1 rings (SSSR count). The van der Waals surface area contributed by atoms with Gasteiger partial charge in [0.15, 0.2) is 0 Å². The van der Waals surface area contributed by atoms with Crippen molar-refractivity contribution in [3.8, 4) is 12.3 Å². The third-order valence-corrected chi connectivity index (χ3v) is 1.91. The molecule has 1 aromatic heterocycles. The Hall–Kier alpha value is -2.02. The summed E-state index contributed by atoms with van der Waals surface area (Å²) in [7, 11) is 1.71. The molecule has 0 unspecified atom stereocenters. The highest BCUT2D eigenvalue weighted by Gasteiger charge is 2.06. The minimum Gasteiger partial charge on any atom is -0.338 e. The van der Waals surface area contributed by atoms with Gasteiger partial charge in [-0.25, -0.2) is 0 Å². The maximum Gasteiger partial charge on any atom is 0.245 e. The van der Waals surface area contributed by atoms with Crippen LogP contribution in [-0.4, -0.2) is 27.6 Å². The van der Waals surface area contributed by atoms with Crippen LogP contribution in [0.1, 0.15) is 5.56 Å². The molecular formula is C11H13N3O. The van der Waals surface area contributed by atoms with Crippen LogP contribution in [0, 0.1) is 12.3 Å². The highest BCUT2D eigenvalue weighted by molar-refractivity contribution is 5.86. The molecule has 4 nitrogen and oxygen atoms in total. The predicted molar refractivity (Wildman–Crippen MR) is 57.7 cm³/mol. The first-order valence-corrected chi connectivity index (χ1v) is 4.49. The van der Waals surface area contributed by atoms with Crippen LogP contribution in [0.5, 0.6) is 0 Å². The van der Waals surface area contributed by atoms with Crippen molar-refractivity contribution in [1.29, 1.82) is 0 Å². The fourth-order valence-electron chi connectivity index (χ4n) is 1.18. The molecule has 0 aliphatic rings. The first kappa shape index (κ1) is 11.1. The molecule has 0 bridgehead atoms. The van der Waals surface area contributed by atoms with Gasteiger partial charge in [-0.2, -0.15) is 5.10 Å². The number of amides is 1. The molecule has 0 N–H and O–H groups in total. The van der Waals surface area contributed by atoms with Gasteiger partial charge in [-0.1, -0.05) is 12.5 Å². The normalized spacial score (nSPS) is 9.33. The zero-order valence-corrected chi connectivity index (χ0v) is 8.68. The summed E-state index contributed by atoms with van der Waals surface area (Å²) < 4.78 is 1.65. The second-order valence-electron chi connectivity index (χ2n) is 3.15. The van der Waals surface area contributed by atoms with Crippen LogP contribution >= 0.6 is 0 Å². The highest BCUT2D eigenvalue weighted by Crippen LogP contribution is 2.02. The van der Waals surface area contributed by atoms with Crippen LogP contribution in [0.4, 0.5) is 0 Å². The molecule has 78 valence electrons. The van der Waals surface area contributed by atoms with E-state index in [0.29, 0.717) is 13.1 Å². The maximum absolute atomic E-state index is 11.2. The van der Waals surface area contributed by atoms with Crippen molar-refractivity contribution in [3.05, 3.63) is 30.6 Å². The fraction of sp³-hybridized carbons (Fsp3) is 0.273. The van der Waals surface area contributed by atoms with E-state index in [4.69, 9.17) is 6.42 Å². The van der Waals surface area contributed by atoms with Gasteiger partial charge < -0.3 is 4.90 Å². The molecule has 1 heterocycles. The molecule has 1 aromatic rings. The molecule has 1 amide bonds. The third kappa shape index (κ3) is 2.99. The average Bonchev–Trinajstić information content (AvgIpc) is 2.65. The second-order valence-corrected chi connectivity index (χ2v) is 3.15. The molecule has 0 aliphatic heterocycles. The van der Waals surface area contributed by atoms with Crippen LogP contribution in [0.3, 0.4) is 0 Å². The topological polar surface area (TPSA) is 38.1 Å². The van der Waals surface area contributed by atoms with Gasteiger partial charge in [0.1, 0.15) is 6.54 Å². The van der Waals surface area contributed by atoms with E-state index < -0.39 is 0 Å². The minimum absolute atomic E-state index is 0.111. The van der Waals surface area contributed by atoms with E-state index in [1.54, 1.807) is 22.8 Å². The van der Waals surface area contributed by atoms with Gasteiger partial charge in [0.25, 0.3) is 0 Å². The summed E-state index contributed by atoms with van der Waals surface area (Å²) in [6.07, 6.45) is 9.96. The summed E-state index contributed by atoms with van der Waals surface area (Å²) in [5, 5.41) is 4.05. The molecule has 0 fully saturated rings. The van der Waals surface area contributed by atoms with Gasteiger partial charge in [0.05, 0.1) is 6.20 Å². The number of carbonyl (C=O) groups excluding carboxylic acids is 1. The van der Waals surface area contributed by atoms with Crippen molar-refractivity contribution in [2.45, 2.75) is 13.1 Å². The largest absolute Gasteiger partial charge is 0.338 e. The number of aromatic nitrogens is 2. The van der Waals surface area contributed by atoms with Crippen LogP contribution in [0.2, 0.25) is 0 Å². The van der Waals surface area contributed by atoms with Crippen molar-refractivity contribution >= 4 is 5.91 Å². The number of nitrogens with zero attached hydrogens (tertiary/aromatic N) is 3. The number of rotatable bonds is 4. The first-order chi connectivity index (χ1) is 7.17. The smallest absolute Gasteiger partial charge is 0.245 e. The Bertz CT molecular complexity index is 400. The molecule has 15 heavy (non-hydrogen) atoms. The van der Waals surface area contributed by atoms with E-state index in [-0.39, 0.29) is 5.91 Å². The van der Waals surface area contributed by atoms with Crippen LogP contribution in [0.25, 0.3) is 0 Å². The molecular weight excluding hydrogens is 190 g/mol. The van der Waals surface area contributed by atoms with E-state index in [0.717, 1.165) is 5.56 Å². The molecule has 0 aliphatic carbocycles. The number of carbonyl (C=O) groups is 1. The number of hydrogen-bond acceptors (Lipinski definition) is 2. The molecule has 4 heteroatoms. The van der Waals surface area contributed by atoms with Crippen molar-refractivity contribution in [3.63, 3.8) is 0 Å². The van der Waals surface area contributed by atoms with Gasteiger partial charge in [0.2, 0.25) is 5.91 Å². The summed E-state index contributed by atoms with van der Waals surface area (Å²) in [5.41, 5.74) is 0.947. The Balaban J connectivity index is 2.61. The predicted octanol–water partition coefficient (Wildman–Crippen LogP) is 0.661. The lowest BCUT2D eigenvalue weighted by atomic mass is 10.3. The molecule has 0 saturated carbocycles. The monoisotopic (exact) mass is 203 g/mol. The Labute approximate surface area is 89.2 Å². The lowest BCUT2D eigenvalue weighted by molar-refractivity contribution is -0.125. The Kier molecular flexibility index (Phi) is 3.69. The average molecular weight is 203 g/mol. The Morgan fingerprint density at radius 3 is 3.20 bits per heavy atom. The van der Waals surface area contributed by atoms with Gasteiger partial charge in [0, 0.05) is 25.4 Å². The summed E-state index contributed by atoms with van der Waals surface area (Å²) >= 11 is 0. The summed E-state index contributed by atoms with van der Waals surface area (Å²) in [6.45, 7) is 4.37. The maximum atomic E-state index is 11.2. The van der Waals surface area contributed by atoms with Crippen LogP contribution in [-0.2, 0) is 17.9 Å². The zero-order valence-electron chi connectivity index (χ0n) is 8.68. The quantitative estimate of drug-likeness (QED) is 0.532. The second kappa shape index (κ2) is 5.01. The SMILES string of the molecule is C#CCn1cc(CN(C)C(=O)C=C)cn1. The summed E-state index contributed by atoms with van der Waals surface area (Å²) in [4.78, 5) is 12.8.